The summed E-state index contributed by atoms with van der Waals surface area (Å²) in [6.45, 7) is 6.99. The summed E-state index contributed by atoms with van der Waals surface area (Å²) in [7, 11) is 0. The molecule has 0 amide bonds. The zero-order valence-corrected chi connectivity index (χ0v) is 10.7. The first-order valence-corrected chi connectivity index (χ1v) is 6.95. The van der Waals surface area contributed by atoms with E-state index >= 15 is 0 Å². The number of piperazine rings is 1. The van der Waals surface area contributed by atoms with Gasteiger partial charge >= 0.3 is 0 Å². The van der Waals surface area contributed by atoms with E-state index in [1.54, 1.807) is 11.1 Å². The van der Waals surface area contributed by atoms with E-state index in [9.17, 15) is 0 Å². The lowest BCUT2D eigenvalue weighted by Gasteiger charge is -2.41. The van der Waals surface area contributed by atoms with Gasteiger partial charge in [0, 0.05) is 32.2 Å². The molecule has 2 aliphatic rings. The molecule has 92 valence electrons. The Morgan fingerprint density at radius 1 is 1.35 bits per heavy atom. The molecule has 17 heavy (non-hydrogen) atoms. The highest BCUT2D eigenvalue weighted by atomic mass is 15.2. The maximum absolute atomic E-state index is 3.52. The van der Waals surface area contributed by atoms with E-state index < -0.39 is 0 Å². The second-order valence-corrected chi connectivity index (χ2v) is 5.29. The highest BCUT2D eigenvalue weighted by molar-refractivity contribution is 5.37. The average Bonchev–Trinajstić information content (AvgIpc) is 2.39. The summed E-state index contributed by atoms with van der Waals surface area (Å²) in [5.74, 6) is 0. The molecule has 0 aliphatic carbocycles. The van der Waals surface area contributed by atoms with Crippen LogP contribution in [0.5, 0.6) is 0 Å². The van der Waals surface area contributed by atoms with Gasteiger partial charge < -0.3 is 5.32 Å². The summed E-state index contributed by atoms with van der Waals surface area (Å²) in [5, 5.41) is 3.52. The van der Waals surface area contributed by atoms with Crippen LogP contribution in [0.2, 0.25) is 0 Å². The zero-order valence-electron chi connectivity index (χ0n) is 10.7. The summed E-state index contributed by atoms with van der Waals surface area (Å²) >= 11 is 0. The molecule has 0 radical (unpaired) electrons. The topological polar surface area (TPSA) is 15.3 Å². The van der Waals surface area contributed by atoms with Crippen LogP contribution in [-0.2, 0) is 12.8 Å². The monoisotopic (exact) mass is 230 g/mol. The van der Waals surface area contributed by atoms with Gasteiger partial charge in [-0.05, 0) is 29.5 Å². The molecule has 1 aromatic rings. The summed E-state index contributed by atoms with van der Waals surface area (Å²) < 4.78 is 0. The summed E-state index contributed by atoms with van der Waals surface area (Å²) in [5.41, 5.74) is 4.69. The van der Waals surface area contributed by atoms with Gasteiger partial charge in [0.1, 0.15) is 0 Å². The minimum Gasteiger partial charge on any atom is -0.314 e. The Bertz CT molecular complexity index is 400. The number of nitrogens with zero attached hydrogens (tertiary/aromatic N) is 1. The fourth-order valence-corrected chi connectivity index (χ4v) is 3.23. The van der Waals surface area contributed by atoms with E-state index in [-0.39, 0.29) is 0 Å². The molecular formula is C15H22N2. The van der Waals surface area contributed by atoms with Crippen molar-refractivity contribution < 1.29 is 0 Å². The first kappa shape index (κ1) is 11.2. The molecule has 1 atom stereocenters. The Hall–Kier alpha value is -0.860. The van der Waals surface area contributed by atoms with Gasteiger partial charge in [0.05, 0.1) is 0 Å². The standard InChI is InChI=1S/C15H22N2/c1-2-3-12-4-5-14-13(10-12)6-8-17-9-7-16-11-15(14)17/h4-5,10,15-16H,2-3,6-9,11H2,1H3. The predicted molar refractivity (Wildman–Crippen MR) is 71.3 cm³/mol. The molecule has 1 unspecified atom stereocenters. The van der Waals surface area contributed by atoms with Crippen LogP contribution in [0.25, 0.3) is 0 Å². The maximum atomic E-state index is 3.52. The fraction of sp³-hybridized carbons (Fsp3) is 0.600. The first-order valence-electron chi connectivity index (χ1n) is 6.95. The number of nitrogens with one attached hydrogen (secondary N) is 1. The third-order valence-electron chi connectivity index (χ3n) is 4.13. The molecule has 1 N–H and O–H groups in total. The molecule has 0 saturated carbocycles. The molecule has 0 spiro atoms. The normalized spacial score (nSPS) is 24.2. The molecule has 2 aliphatic heterocycles. The molecule has 1 aromatic carbocycles. The van der Waals surface area contributed by atoms with E-state index in [1.807, 2.05) is 0 Å². The van der Waals surface area contributed by atoms with Crippen LogP contribution in [-0.4, -0.2) is 31.1 Å². The number of benzene rings is 1. The lowest BCUT2D eigenvalue weighted by Crippen LogP contribution is -2.48. The van der Waals surface area contributed by atoms with Crippen LogP contribution in [0.3, 0.4) is 0 Å². The third-order valence-corrected chi connectivity index (χ3v) is 4.13. The average molecular weight is 230 g/mol. The van der Waals surface area contributed by atoms with Gasteiger partial charge in [-0.25, -0.2) is 0 Å². The lowest BCUT2D eigenvalue weighted by atomic mass is 9.89. The van der Waals surface area contributed by atoms with Crippen LogP contribution in [0, 0.1) is 0 Å². The first-order chi connectivity index (χ1) is 8.38. The van der Waals surface area contributed by atoms with Crippen LogP contribution in [0.1, 0.15) is 36.1 Å². The molecule has 2 heteroatoms. The summed E-state index contributed by atoms with van der Waals surface area (Å²) in [6.07, 6.45) is 3.71. The second kappa shape index (κ2) is 4.79. The Morgan fingerprint density at radius 2 is 2.29 bits per heavy atom. The van der Waals surface area contributed by atoms with Gasteiger partial charge in [-0.2, -0.15) is 0 Å². The lowest BCUT2D eigenvalue weighted by molar-refractivity contribution is 0.152. The number of hydrogen-bond acceptors (Lipinski definition) is 2. The van der Waals surface area contributed by atoms with Crippen molar-refractivity contribution in [1.29, 1.82) is 0 Å². The van der Waals surface area contributed by atoms with Crippen molar-refractivity contribution in [3.05, 3.63) is 34.9 Å². The van der Waals surface area contributed by atoms with E-state index in [0.717, 1.165) is 13.1 Å². The molecular weight excluding hydrogens is 208 g/mol. The highest BCUT2D eigenvalue weighted by Crippen LogP contribution is 2.31. The molecule has 1 saturated heterocycles. The van der Waals surface area contributed by atoms with Gasteiger partial charge in [0.2, 0.25) is 0 Å². The highest BCUT2D eigenvalue weighted by Gasteiger charge is 2.28. The van der Waals surface area contributed by atoms with Gasteiger partial charge in [-0.3, -0.25) is 4.90 Å². The summed E-state index contributed by atoms with van der Waals surface area (Å²) in [4.78, 5) is 2.64. The second-order valence-electron chi connectivity index (χ2n) is 5.29. The Balaban J connectivity index is 1.89. The van der Waals surface area contributed by atoms with Crippen LogP contribution in [0.15, 0.2) is 18.2 Å². The van der Waals surface area contributed by atoms with Gasteiger partial charge in [0.15, 0.2) is 0 Å². The molecule has 3 rings (SSSR count). The Morgan fingerprint density at radius 3 is 3.18 bits per heavy atom. The molecule has 1 fully saturated rings. The van der Waals surface area contributed by atoms with Crippen molar-refractivity contribution in [1.82, 2.24) is 10.2 Å². The maximum Gasteiger partial charge on any atom is 0.0476 e. The van der Waals surface area contributed by atoms with Crippen LogP contribution < -0.4 is 5.32 Å². The Kier molecular flexibility index (Phi) is 3.17. The van der Waals surface area contributed by atoms with Crippen molar-refractivity contribution >= 4 is 0 Å². The van der Waals surface area contributed by atoms with Crippen molar-refractivity contribution in [3.63, 3.8) is 0 Å². The molecule has 2 heterocycles. The van der Waals surface area contributed by atoms with E-state index in [1.165, 1.54) is 37.9 Å². The van der Waals surface area contributed by atoms with Crippen LogP contribution in [0.4, 0.5) is 0 Å². The van der Waals surface area contributed by atoms with E-state index in [2.05, 4.69) is 35.3 Å². The van der Waals surface area contributed by atoms with Crippen molar-refractivity contribution in [2.75, 3.05) is 26.2 Å². The number of aryl methyl sites for hydroxylation is 1. The molecule has 0 aromatic heterocycles. The quantitative estimate of drug-likeness (QED) is 0.837. The zero-order chi connectivity index (χ0) is 11.7. The predicted octanol–water partition coefficient (Wildman–Crippen LogP) is 2.14. The fourth-order valence-electron chi connectivity index (χ4n) is 3.23. The SMILES string of the molecule is CCCc1ccc2c(c1)CCN1CCNCC21. The minimum absolute atomic E-state index is 0.628. The summed E-state index contributed by atoms with van der Waals surface area (Å²) in [6, 6.07) is 7.79. The van der Waals surface area contributed by atoms with Crippen molar-refractivity contribution in [2.24, 2.45) is 0 Å². The number of fused-ring (bicyclic) bond motifs is 3. The third kappa shape index (κ3) is 2.12. The van der Waals surface area contributed by atoms with E-state index in [4.69, 9.17) is 0 Å². The van der Waals surface area contributed by atoms with Crippen molar-refractivity contribution in [3.8, 4) is 0 Å². The van der Waals surface area contributed by atoms with Gasteiger partial charge in [0.25, 0.3) is 0 Å². The number of rotatable bonds is 2. The van der Waals surface area contributed by atoms with E-state index in [0.29, 0.717) is 6.04 Å². The van der Waals surface area contributed by atoms with Crippen LogP contribution >= 0.6 is 0 Å². The number of hydrogen-bond donors (Lipinski definition) is 1. The molecule has 2 nitrogen and oxygen atoms in total. The van der Waals surface area contributed by atoms with Gasteiger partial charge in [-0.1, -0.05) is 31.5 Å². The molecule has 0 bridgehead atoms. The van der Waals surface area contributed by atoms with Gasteiger partial charge in [-0.15, -0.1) is 0 Å². The minimum atomic E-state index is 0.628. The largest absolute Gasteiger partial charge is 0.314 e. The Labute approximate surface area is 104 Å². The van der Waals surface area contributed by atoms with Crippen molar-refractivity contribution in [2.45, 2.75) is 32.2 Å². The smallest absolute Gasteiger partial charge is 0.0476 e.